The summed E-state index contributed by atoms with van der Waals surface area (Å²) in [4.78, 5) is 27.9. The van der Waals surface area contributed by atoms with Crippen LogP contribution in [0.5, 0.6) is 5.88 Å². The second-order valence-electron chi connectivity index (χ2n) is 7.26. The summed E-state index contributed by atoms with van der Waals surface area (Å²) in [5.74, 6) is 0.907. The number of hydrogen-bond acceptors (Lipinski definition) is 6. The Morgan fingerprint density at radius 3 is 2.56 bits per heavy atom. The van der Waals surface area contributed by atoms with E-state index in [0.29, 0.717) is 24.7 Å². The first-order chi connectivity index (χ1) is 15.6. The molecule has 166 valence electrons. The van der Waals surface area contributed by atoms with Crippen LogP contribution in [-0.2, 0) is 14.3 Å². The zero-order chi connectivity index (χ0) is 22.6. The van der Waals surface area contributed by atoms with E-state index >= 15 is 0 Å². The number of rotatable bonds is 11. The first-order valence-electron chi connectivity index (χ1n) is 10.7. The topological polar surface area (TPSA) is 74.7 Å². The summed E-state index contributed by atoms with van der Waals surface area (Å²) in [5.41, 5.74) is 2.56. The highest BCUT2D eigenvalue weighted by Gasteiger charge is 2.11. The van der Waals surface area contributed by atoms with Crippen molar-refractivity contribution in [1.29, 1.82) is 0 Å². The number of ketones is 1. The second-order valence-corrected chi connectivity index (χ2v) is 7.26. The van der Waals surface area contributed by atoms with Gasteiger partial charge in [-0.3, -0.25) is 4.79 Å². The molecule has 0 atom stereocenters. The largest absolute Gasteiger partial charge is 0.490 e. The average Bonchev–Trinajstić information content (AvgIpc) is 2.85. The number of pyridine rings is 1. The van der Waals surface area contributed by atoms with E-state index in [0.717, 1.165) is 36.2 Å². The molecule has 32 heavy (non-hydrogen) atoms. The van der Waals surface area contributed by atoms with Crippen LogP contribution in [0.15, 0.2) is 78.2 Å². The number of allylic oxidation sites excluding steroid dienone is 3. The van der Waals surface area contributed by atoms with Crippen LogP contribution in [0.3, 0.4) is 0 Å². The lowest BCUT2D eigenvalue weighted by Crippen LogP contribution is -2.11. The van der Waals surface area contributed by atoms with Gasteiger partial charge in [0.25, 0.3) is 0 Å². The molecule has 6 nitrogen and oxygen atoms in total. The van der Waals surface area contributed by atoms with Crippen molar-refractivity contribution in [3.05, 3.63) is 89.3 Å². The molecule has 0 amide bonds. The van der Waals surface area contributed by atoms with Crippen LogP contribution in [0.25, 0.3) is 6.08 Å². The van der Waals surface area contributed by atoms with E-state index in [1.54, 1.807) is 30.5 Å². The summed E-state index contributed by atoms with van der Waals surface area (Å²) >= 11 is 0. The molecule has 1 heterocycles. The summed E-state index contributed by atoms with van der Waals surface area (Å²) in [7, 11) is 0. The predicted octanol–water partition coefficient (Wildman–Crippen LogP) is 4.93. The van der Waals surface area contributed by atoms with Crippen molar-refractivity contribution in [3.63, 3.8) is 0 Å². The van der Waals surface area contributed by atoms with Crippen molar-refractivity contribution in [1.82, 2.24) is 4.98 Å². The molecule has 0 aliphatic heterocycles. The number of esters is 1. The first-order valence-corrected chi connectivity index (χ1v) is 10.7. The van der Waals surface area contributed by atoms with Gasteiger partial charge in [-0.25, -0.2) is 9.78 Å². The van der Waals surface area contributed by atoms with Crippen LogP contribution in [-0.4, -0.2) is 36.6 Å². The molecule has 0 radical (unpaired) electrons. The van der Waals surface area contributed by atoms with Crippen LogP contribution in [0.2, 0.25) is 0 Å². The number of carbonyl (C=O) groups excluding carboxylic acids is 2. The van der Waals surface area contributed by atoms with Crippen molar-refractivity contribution in [2.24, 2.45) is 0 Å². The summed E-state index contributed by atoms with van der Waals surface area (Å²) < 4.78 is 16.4. The summed E-state index contributed by atoms with van der Waals surface area (Å²) in [6.07, 6.45) is 10.9. The fourth-order valence-corrected chi connectivity index (χ4v) is 2.92. The Hall–Kier alpha value is -3.67. The Morgan fingerprint density at radius 2 is 1.88 bits per heavy atom. The molecule has 0 unspecified atom stereocenters. The van der Waals surface area contributed by atoms with E-state index in [1.807, 2.05) is 43.3 Å². The van der Waals surface area contributed by atoms with Crippen molar-refractivity contribution < 1.29 is 23.8 Å². The maximum Gasteiger partial charge on any atom is 0.330 e. The van der Waals surface area contributed by atoms with Gasteiger partial charge in [0.2, 0.25) is 5.88 Å². The van der Waals surface area contributed by atoms with Gasteiger partial charge in [0.15, 0.2) is 12.4 Å². The quantitative estimate of drug-likeness (QED) is 0.284. The molecule has 3 rings (SSSR count). The summed E-state index contributed by atoms with van der Waals surface area (Å²) in [6.45, 7) is 2.83. The SMILES string of the molecule is CCCOC(=O)C=Cc1ccc(OCC2=CC=C(OCC(=O)c3ccccc3)CC2)nc1. The summed E-state index contributed by atoms with van der Waals surface area (Å²) in [5, 5.41) is 0. The molecular formula is C26H27NO5. The monoisotopic (exact) mass is 433 g/mol. The van der Waals surface area contributed by atoms with Crippen molar-refractivity contribution in [3.8, 4) is 5.88 Å². The molecule has 1 aromatic heterocycles. The number of carbonyl (C=O) groups is 2. The highest BCUT2D eigenvalue weighted by Crippen LogP contribution is 2.20. The van der Waals surface area contributed by atoms with Crippen LogP contribution < -0.4 is 4.74 Å². The van der Waals surface area contributed by atoms with E-state index in [9.17, 15) is 9.59 Å². The van der Waals surface area contributed by atoms with E-state index in [-0.39, 0.29) is 18.4 Å². The number of aromatic nitrogens is 1. The van der Waals surface area contributed by atoms with Crippen LogP contribution >= 0.6 is 0 Å². The zero-order valence-corrected chi connectivity index (χ0v) is 18.2. The van der Waals surface area contributed by atoms with Gasteiger partial charge >= 0.3 is 5.97 Å². The fourth-order valence-electron chi connectivity index (χ4n) is 2.92. The Bertz CT molecular complexity index is 991. The van der Waals surface area contributed by atoms with Gasteiger partial charge in [-0.2, -0.15) is 0 Å². The smallest absolute Gasteiger partial charge is 0.330 e. The highest BCUT2D eigenvalue weighted by molar-refractivity contribution is 5.97. The molecule has 6 heteroatoms. The van der Waals surface area contributed by atoms with E-state index in [4.69, 9.17) is 14.2 Å². The number of ether oxygens (including phenoxy) is 3. The summed E-state index contributed by atoms with van der Waals surface area (Å²) in [6, 6.07) is 12.7. The van der Waals surface area contributed by atoms with Gasteiger partial charge in [-0.05, 0) is 42.2 Å². The van der Waals surface area contributed by atoms with Crippen molar-refractivity contribution >= 4 is 17.8 Å². The second kappa shape index (κ2) is 12.2. The van der Waals surface area contributed by atoms with Gasteiger partial charge in [0.05, 0.1) is 12.4 Å². The molecule has 1 aliphatic rings. The Balaban J connectivity index is 1.42. The van der Waals surface area contributed by atoms with Crippen LogP contribution in [0, 0.1) is 0 Å². The van der Waals surface area contributed by atoms with Crippen molar-refractivity contribution in [2.45, 2.75) is 26.2 Å². The minimum atomic E-state index is -0.364. The average molecular weight is 434 g/mol. The van der Waals surface area contributed by atoms with E-state index in [1.165, 1.54) is 6.08 Å². The molecule has 0 N–H and O–H groups in total. The lowest BCUT2D eigenvalue weighted by molar-refractivity contribution is -0.137. The lowest BCUT2D eigenvalue weighted by Gasteiger charge is -2.16. The highest BCUT2D eigenvalue weighted by atomic mass is 16.5. The van der Waals surface area contributed by atoms with Crippen molar-refractivity contribution in [2.75, 3.05) is 19.8 Å². The number of benzene rings is 1. The Morgan fingerprint density at radius 1 is 1.03 bits per heavy atom. The third-order valence-electron chi connectivity index (χ3n) is 4.71. The lowest BCUT2D eigenvalue weighted by atomic mass is 10.0. The predicted molar refractivity (Wildman–Crippen MR) is 122 cm³/mol. The number of hydrogen-bond donors (Lipinski definition) is 0. The minimum absolute atomic E-state index is 0.0353. The maximum atomic E-state index is 12.1. The Labute approximate surface area is 188 Å². The minimum Gasteiger partial charge on any atom is -0.490 e. The normalized spacial score (nSPS) is 13.3. The standard InChI is InChI=1S/C26H27NO5/c1-2-16-30-26(29)15-11-20-10-14-25(27-17-20)32-18-21-8-12-23(13-9-21)31-19-24(28)22-6-4-3-5-7-22/h3-8,10-12,14-15,17H,2,9,13,16,18-19H2,1H3. The van der Waals surface area contributed by atoms with E-state index < -0.39 is 0 Å². The first kappa shape index (κ1) is 23.0. The third kappa shape index (κ3) is 7.54. The van der Waals surface area contributed by atoms with Gasteiger partial charge < -0.3 is 14.2 Å². The maximum absolute atomic E-state index is 12.1. The Kier molecular flexibility index (Phi) is 8.80. The van der Waals surface area contributed by atoms with Gasteiger partial charge in [0, 0.05) is 30.3 Å². The van der Waals surface area contributed by atoms with Gasteiger partial charge in [-0.15, -0.1) is 0 Å². The fraction of sp³-hybridized carbons (Fsp3) is 0.269. The molecule has 1 aromatic carbocycles. The molecule has 1 aliphatic carbocycles. The molecule has 0 spiro atoms. The number of Topliss-reactive ketones (excluding diaryl/α,β-unsaturated/α-hetero) is 1. The molecule has 0 saturated carbocycles. The molecule has 0 bridgehead atoms. The third-order valence-corrected chi connectivity index (χ3v) is 4.71. The number of nitrogens with zero attached hydrogens (tertiary/aromatic N) is 1. The molecule has 0 saturated heterocycles. The molecule has 2 aromatic rings. The molecule has 0 fully saturated rings. The van der Waals surface area contributed by atoms with Crippen LogP contribution in [0.1, 0.15) is 42.1 Å². The van der Waals surface area contributed by atoms with Gasteiger partial charge in [-0.1, -0.05) is 43.3 Å². The van der Waals surface area contributed by atoms with Gasteiger partial charge in [0.1, 0.15) is 6.61 Å². The van der Waals surface area contributed by atoms with Crippen LogP contribution in [0.4, 0.5) is 0 Å². The zero-order valence-electron chi connectivity index (χ0n) is 18.2. The molecular weight excluding hydrogens is 406 g/mol. The van der Waals surface area contributed by atoms with E-state index in [2.05, 4.69) is 4.98 Å².